The topological polar surface area (TPSA) is 41.6 Å². The fourth-order valence-corrected chi connectivity index (χ4v) is 1.61. The Hall–Kier alpha value is -0.610. The van der Waals surface area contributed by atoms with E-state index in [1.165, 1.54) is 0 Å². The Morgan fingerprint density at radius 1 is 1.60 bits per heavy atom. The monoisotopic (exact) mass is 214 g/mol. The van der Waals surface area contributed by atoms with Crippen molar-refractivity contribution in [2.24, 2.45) is 5.92 Å². The first-order chi connectivity index (χ1) is 7.15. The number of hydrogen-bond acceptors (Lipinski definition) is 3. The fraction of sp³-hybridized carbons (Fsp3) is 0.909. The lowest BCUT2D eigenvalue weighted by molar-refractivity contribution is -0.129. The predicted octanol–water partition coefficient (Wildman–Crippen LogP) is 0.827. The van der Waals surface area contributed by atoms with Crippen LogP contribution in [0.25, 0.3) is 0 Å². The van der Waals surface area contributed by atoms with Gasteiger partial charge < -0.3 is 9.64 Å². The molecule has 88 valence electrons. The number of carbonyl (C=O) groups excluding carboxylic acids is 1. The Morgan fingerprint density at radius 2 is 2.33 bits per heavy atom. The second-order valence-corrected chi connectivity index (χ2v) is 4.39. The van der Waals surface area contributed by atoms with E-state index >= 15 is 0 Å². The minimum Gasteiger partial charge on any atom is -0.379 e. The summed E-state index contributed by atoms with van der Waals surface area (Å²) < 4.78 is 5.45. The molecule has 1 atom stereocenters. The SMILES string of the molecule is CCC1NCN(CCOCC(C)C)C1=O. The summed E-state index contributed by atoms with van der Waals surface area (Å²) in [5, 5.41) is 3.18. The molecule has 1 N–H and O–H groups in total. The molecule has 15 heavy (non-hydrogen) atoms. The zero-order valence-electron chi connectivity index (χ0n) is 9.95. The summed E-state index contributed by atoms with van der Waals surface area (Å²) in [6.07, 6.45) is 0.863. The lowest BCUT2D eigenvalue weighted by Gasteiger charge is -2.15. The van der Waals surface area contributed by atoms with Crippen molar-refractivity contribution in [1.82, 2.24) is 10.2 Å². The Kier molecular flexibility index (Phi) is 5.05. The molecule has 0 aromatic carbocycles. The van der Waals surface area contributed by atoms with Crippen LogP contribution in [0.3, 0.4) is 0 Å². The highest BCUT2D eigenvalue weighted by atomic mass is 16.5. The molecule has 0 saturated carbocycles. The van der Waals surface area contributed by atoms with Crippen LogP contribution in [0.4, 0.5) is 0 Å². The fourth-order valence-electron chi connectivity index (χ4n) is 1.61. The van der Waals surface area contributed by atoms with E-state index in [2.05, 4.69) is 19.2 Å². The van der Waals surface area contributed by atoms with Gasteiger partial charge in [0.15, 0.2) is 0 Å². The molecule has 1 aliphatic heterocycles. The number of nitrogens with zero attached hydrogens (tertiary/aromatic N) is 1. The maximum absolute atomic E-state index is 11.7. The van der Waals surface area contributed by atoms with Gasteiger partial charge in [-0.05, 0) is 12.3 Å². The Labute approximate surface area is 92.0 Å². The first kappa shape index (κ1) is 12.5. The number of amides is 1. The number of ether oxygens (including phenoxy) is 1. The van der Waals surface area contributed by atoms with Crippen molar-refractivity contribution < 1.29 is 9.53 Å². The molecule has 1 aliphatic rings. The quantitative estimate of drug-likeness (QED) is 0.666. The lowest BCUT2D eigenvalue weighted by Crippen LogP contribution is -2.32. The minimum absolute atomic E-state index is 0.0232. The Balaban J connectivity index is 2.15. The first-order valence-corrected chi connectivity index (χ1v) is 5.75. The molecule has 1 heterocycles. The van der Waals surface area contributed by atoms with E-state index in [1.54, 1.807) is 0 Å². The number of nitrogens with one attached hydrogen (secondary N) is 1. The maximum atomic E-state index is 11.7. The third kappa shape index (κ3) is 3.80. The van der Waals surface area contributed by atoms with Gasteiger partial charge in [0.2, 0.25) is 5.91 Å². The third-order valence-electron chi connectivity index (χ3n) is 2.50. The molecule has 1 saturated heterocycles. The summed E-state index contributed by atoms with van der Waals surface area (Å²) in [5.41, 5.74) is 0. The second-order valence-electron chi connectivity index (χ2n) is 4.39. The lowest BCUT2D eigenvalue weighted by atomic mass is 10.2. The second kappa shape index (κ2) is 6.08. The first-order valence-electron chi connectivity index (χ1n) is 5.75. The van der Waals surface area contributed by atoms with Crippen LogP contribution in [0.15, 0.2) is 0 Å². The Bertz CT molecular complexity index is 207. The molecule has 0 radical (unpaired) electrons. The standard InChI is InChI=1S/C11H22N2O2/c1-4-10-11(14)13(8-12-10)5-6-15-7-9(2)3/h9-10,12H,4-8H2,1-3H3. The van der Waals surface area contributed by atoms with Crippen LogP contribution in [0, 0.1) is 5.92 Å². The van der Waals surface area contributed by atoms with E-state index in [-0.39, 0.29) is 11.9 Å². The molecule has 1 rings (SSSR count). The van der Waals surface area contributed by atoms with Gasteiger partial charge in [-0.1, -0.05) is 20.8 Å². The molecule has 1 fully saturated rings. The molecule has 4 nitrogen and oxygen atoms in total. The van der Waals surface area contributed by atoms with E-state index in [0.29, 0.717) is 25.7 Å². The van der Waals surface area contributed by atoms with E-state index in [0.717, 1.165) is 13.0 Å². The van der Waals surface area contributed by atoms with Crippen molar-refractivity contribution in [2.75, 3.05) is 26.4 Å². The molecule has 0 spiro atoms. The van der Waals surface area contributed by atoms with E-state index in [1.807, 2.05) is 11.8 Å². The van der Waals surface area contributed by atoms with Gasteiger partial charge in [0, 0.05) is 13.2 Å². The smallest absolute Gasteiger partial charge is 0.240 e. The van der Waals surface area contributed by atoms with Gasteiger partial charge in [0.1, 0.15) is 0 Å². The highest BCUT2D eigenvalue weighted by Crippen LogP contribution is 2.06. The van der Waals surface area contributed by atoms with Crippen molar-refractivity contribution in [3.8, 4) is 0 Å². The number of hydrogen-bond donors (Lipinski definition) is 1. The van der Waals surface area contributed by atoms with Gasteiger partial charge in [-0.25, -0.2) is 0 Å². The summed E-state index contributed by atoms with van der Waals surface area (Å²) in [6, 6.07) is 0.0232. The summed E-state index contributed by atoms with van der Waals surface area (Å²) in [5.74, 6) is 0.770. The maximum Gasteiger partial charge on any atom is 0.240 e. The van der Waals surface area contributed by atoms with Crippen molar-refractivity contribution in [3.63, 3.8) is 0 Å². The molecule has 1 amide bonds. The van der Waals surface area contributed by atoms with Crippen molar-refractivity contribution in [3.05, 3.63) is 0 Å². The summed E-state index contributed by atoms with van der Waals surface area (Å²) in [6.45, 7) is 9.05. The minimum atomic E-state index is 0.0232. The van der Waals surface area contributed by atoms with Crippen molar-refractivity contribution >= 4 is 5.91 Å². The summed E-state index contributed by atoms with van der Waals surface area (Å²) >= 11 is 0. The zero-order chi connectivity index (χ0) is 11.3. The van der Waals surface area contributed by atoms with Crippen LogP contribution in [0.5, 0.6) is 0 Å². The molecular formula is C11H22N2O2. The van der Waals surface area contributed by atoms with Gasteiger partial charge >= 0.3 is 0 Å². The van der Waals surface area contributed by atoms with Crippen LogP contribution in [0.1, 0.15) is 27.2 Å². The van der Waals surface area contributed by atoms with Gasteiger partial charge in [-0.3, -0.25) is 10.1 Å². The van der Waals surface area contributed by atoms with Gasteiger partial charge in [-0.2, -0.15) is 0 Å². The van der Waals surface area contributed by atoms with Crippen LogP contribution in [0.2, 0.25) is 0 Å². The molecule has 0 bridgehead atoms. The molecule has 0 aromatic heterocycles. The molecular weight excluding hydrogens is 192 g/mol. The van der Waals surface area contributed by atoms with Crippen LogP contribution >= 0.6 is 0 Å². The van der Waals surface area contributed by atoms with Crippen molar-refractivity contribution in [2.45, 2.75) is 33.2 Å². The van der Waals surface area contributed by atoms with Crippen LogP contribution in [-0.2, 0) is 9.53 Å². The highest BCUT2D eigenvalue weighted by molar-refractivity contribution is 5.83. The predicted molar refractivity (Wildman–Crippen MR) is 59.5 cm³/mol. The summed E-state index contributed by atoms with van der Waals surface area (Å²) in [4.78, 5) is 13.5. The Morgan fingerprint density at radius 3 is 2.87 bits per heavy atom. The van der Waals surface area contributed by atoms with Crippen LogP contribution < -0.4 is 5.32 Å². The van der Waals surface area contributed by atoms with Crippen molar-refractivity contribution in [1.29, 1.82) is 0 Å². The van der Waals surface area contributed by atoms with Crippen LogP contribution in [-0.4, -0.2) is 43.3 Å². The number of rotatable bonds is 6. The average Bonchev–Trinajstić information content (AvgIpc) is 2.54. The normalized spacial score (nSPS) is 21.7. The number of carbonyl (C=O) groups is 1. The summed E-state index contributed by atoms with van der Waals surface area (Å²) in [7, 11) is 0. The van der Waals surface area contributed by atoms with Gasteiger partial charge in [0.25, 0.3) is 0 Å². The zero-order valence-corrected chi connectivity index (χ0v) is 9.95. The highest BCUT2D eigenvalue weighted by Gasteiger charge is 2.28. The van der Waals surface area contributed by atoms with E-state index in [4.69, 9.17) is 4.74 Å². The van der Waals surface area contributed by atoms with Gasteiger partial charge in [0.05, 0.1) is 19.3 Å². The van der Waals surface area contributed by atoms with Gasteiger partial charge in [-0.15, -0.1) is 0 Å². The third-order valence-corrected chi connectivity index (χ3v) is 2.50. The molecule has 1 unspecified atom stereocenters. The molecule has 0 aliphatic carbocycles. The molecule has 0 aromatic rings. The van der Waals surface area contributed by atoms with E-state index in [9.17, 15) is 4.79 Å². The van der Waals surface area contributed by atoms with E-state index < -0.39 is 0 Å². The molecule has 4 heteroatoms. The average molecular weight is 214 g/mol. The largest absolute Gasteiger partial charge is 0.379 e.